The second-order valence-corrected chi connectivity index (χ2v) is 3.68. The predicted octanol–water partition coefficient (Wildman–Crippen LogP) is 3.10. The topological polar surface area (TPSA) is 20.2 Å². The van der Waals surface area contributed by atoms with Gasteiger partial charge in [0.05, 0.1) is 0 Å². The van der Waals surface area contributed by atoms with Crippen LogP contribution in [0.2, 0.25) is 0 Å². The molecule has 0 aliphatic rings. The normalized spacial score (nSPS) is 15.5. The second-order valence-electron chi connectivity index (χ2n) is 3.68. The Balaban J connectivity index is 2.92. The van der Waals surface area contributed by atoms with Crippen LogP contribution in [-0.4, -0.2) is 16.9 Å². The van der Waals surface area contributed by atoms with Crippen LogP contribution in [0.4, 0.5) is 13.2 Å². The molecule has 4 heteroatoms. The van der Waals surface area contributed by atoms with Gasteiger partial charge in [0.25, 0.3) is 0 Å². The first-order valence-corrected chi connectivity index (χ1v) is 4.83. The molecule has 1 aromatic carbocycles. The second kappa shape index (κ2) is 4.70. The molecule has 0 amide bonds. The summed E-state index contributed by atoms with van der Waals surface area (Å²) in [6.45, 7) is 3.24. The van der Waals surface area contributed by atoms with E-state index in [-0.39, 0.29) is 0 Å². The van der Waals surface area contributed by atoms with E-state index in [2.05, 4.69) is 6.58 Å². The summed E-state index contributed by atoms with van der Waals surface area (Å²) in [5.41, 5.74) is -2.28. The summed E-state index contributed by atoms with van der Waals surface area (Å²) >= 11 is 0. The maximum absolute atomic E-state index is 12.7. The molecule has 0 spiro atoms. The molecule has 1 rings (SSSR count). The lowest BCUT2D eigenvalue weighted by Crippen LogP contribution is -2.46. The fourth-order valence-corrected chi connectivity index (χ4v) is 1.46. The molecule has 0 saturated carbocycles. The number of benzene rings is 1. The number of alkyl halides is 3. The van der Waals surface area contributed by atoms with Gasteiger partial charge in [-0.05, 0) is 5.56 Å². The summed E-state index contributed by atoms with van der Waals surface area (Å²) in [4.78, 5) is 0. The molecule has 1 atom stereocenters. The van der Waals surface area contributed by atoms with Gasteiger partial charge < -0.3 is 5.11 Å². The molecule has 0 unspecified atom stereocenters. The van der Waals surface area contributed by atoms with Gasteiger partial charge in [0.1, 0.15) is 0 Å². The Kier molecular flexibility index (Phi) is 3.75. The van der Waals surface area contributed by atoms with Crippen LogP contribution in [0, 0.1) is 0 Å². The van der Waals surface area contributed by atoms with Gasteiger partial charge in [-0.3, -0.25) is 0 Å². The van der Waals surface area contributed by atoms with E-state index < -0.39 is 24.6 Å². The maximum Gasteiger partial charge on any atom is 0.417 e. The van der Waals surface area contributed by atoms with Crippen molar-refractivity contribution >= 4 is 0 Å². The minimum absolute atomic E-state index is 0.448. The number of halogens is 3. The highest BCUT2D eigenvalue weighted by Gasteiger charge is 2.52. The standard InChI is InChI=1S/C12H13F3O/c1-2-8-11(16,12(13,14)15)9-10-6-4-3-5-7-10/h2-7,16H,1,8-9H2/t11-/m0/s1. The Morgan fingerprint density at radius 1 is 1.19 bits per heavy atom. The van der Waals surface area contributed by atoms with E-state index in [0.29, 0.717) is 5.56 Å². The van der Waals surface area contributed by atoms with Crippen LogP contribution >= 0.6 is 0 Å². The molecule has 1 nitrogen and oxygen atoms in total. The van der Waals surface area contributed by atoms with Crippen LogP contribution in [0.25, 0.3) is 0 Å². The van der Waals surface area contributed by atoms with Crippen LogP contribution < -0.4 is 0 Å². The first-order chi connectivity index (χ1) is 7.39. The van der Waals surface area contributed by atoms with Gasteiger partial charge in [-0.15, -0.1) is 6.58 Å². The van der Waals surface area contributed by atoms with Gasteiger partial charge in [-0.1, -0.05) is 36.4 Å². The molecule has 0 fully saturated rings. The first-order valence-electron chi connectivity index (χ1n) is 4.83. The molecular weight excluding hydrogens is 217 g/mol. The lowest BCUT2D eigenvalue weighted by Gasteiger charge is -2.29. The smallest absolute Gasteiger partial charge is 0.380 e. The lowest BCUT2D eigenvalue weighted by molar-refractivity contribution is -0.258. The van der Waals surface area contributed by atoms with E-state index in [0.717, 1.165) is 6.08 Å². The molecule has 1 N–H and O–H groups in total. The fraction of sp³-hybridized carbons (Fsp3) is 0.333. The van der Waals surface area contributed by atoms with E-state index in [1.165, 1.54) is 0 Å². The summed E-state index contributed by atoms with van der Waals surface area (Å²) in [6.07, 6.45) is -4.54. The summed E-state index contributed by atoms with van der Waals surface area (Å²) in [5, 5.41) is 9.60. The molecule has 1 aromatic rings. The van der Waals surface area contributed by atoms with Crippen molar-refractivity contribution in [1.82, 2.24) is 0 Å². The minimum Gasteiger partial charge on any atom is -0.380 e. The maximum atomic E-state index is 12.7. The van der Waals surface area contributed by atoms with Gasteiger partial charge in [0.15, 0.2) is 5.60 Å². The van der Waals surface area contributed by atoms with E-state index in [4.69, 9.17) is 0 Å². The largest absolute Gasteiger partial charge is 0.417 e. The van der Waals surface area contributed by atoms with Gasteiger partial charge in [0, 0.05) is 12.8 Å². The molecular formula is C12H13F3O. The van der Waals surface area contributed by atoms with Crippen LogP contribution in [-0.2, 0) is 6.42 Å². The summed E-state index contributed by atoms with van der Waals surface area (Å²) in [7, 11) is 0. The van der Waals surface area contributed by atoms with E-state index in [9.17, 15) is 18.3 Å². The van der Waals surface area contributed by atoms with Crippen molar-refractivity contribution in [1.29, 1.82) is 0 Å². The number of hydrogen-bond donors (Lipinski definition) is 1. The Bertz CT molecular complexity index is 345. The predicted molar refractivity (Wildman–Crippen MR) is 56.0 cm³/mol. The highest BCUT2D eigenvalue weighted by molar-refractivity contribution is 5.18. The lowest BCUT2D eigenvalue weighted by atomic mass is 9.90. The van der Waals surface area contributed by atoms with E-state index in [1.54, 1.807) is 30.3 Å². The van der Waals surface area contributed by atoms with Crippen molar-refractivity contribution in [2.75, 3.05) is 0 Å². The van der Waals surface area contributed by atoms with Crippen molar-refractivity contribution in [3.63, 3.8) is 0 Å². The van der Waals surface area contributed by atoms with Crippen LogP contribution in [0.15, 0.2) is 43.0 Å². The van der Waals surface area contributed by atoms with Gasteiger partial charge in [-0.25, -0.2) is 0 Å². The van der Waals surface area contributed by atoms with Crippen LogP contribution in [0.3, 0.4) is 0 Å². The molecule has 88 valence electrons. The zero-order valence-corrected chi connectivity index (χ0v) is 8.67. The Morgan fingerprint density at radius 2 is 1.75 bits per heavy atom. The fourth-order valence-electron chi connectivity index (χ4n) is 1.46. The molecule has 0 aliphatic heterocycles. The molecule has 0 saturated heterocycles. The third-order valence-corrected chi connectivity index (χ3v) is 2.35. The quantitative estimate of drug-likeness (QED) is 0.788. The highest BCUT2D eigenvalue weighted by atomic mass is 19.4. The average Bonchev–Trinajstić information content (AvgIpc) is 2.17. The molecule has 0 heterocycles. The molecule has 0 aliphatic carbocycles. The van der Waals surface area contributed by atoms with E-state index in [1.807, 2.05) is 0 Å². The molecule has 16 heavy (non-hydrogen) atoms. The third kappa shape index (κ3) is 2.85. The summed E-state index contributed by atoms with van der Waals surface area (Å²) < 4.78 is 38.0. The van der Waals surface area contributed by atoms with Gasteiger partial charge in [-0.2, -0.15) is 13.2 Å². The van der Waals surface area contributed by atoms with Gasteiger partial charge in [0.2, 0.25) is 0 Å². The Labute approximate surface area is 92.2 Å². The molecule has 0 bridgehead atoms. The summed E-state index contributed by atoms with van der Waals surface area (Å²) in [5.74, 6) is 0. The van der Waals surface area contributed by atoms with E-state index >= 15 is 0 Å². The number of hydrogen-bond acceptors (Lipinski definition) is 1. The zero-order valence-electron chi connectivity index (χ0n) is 8.67. The van der Waals surface area contributed by atoms with Crippen LogP contribution in [0.5, 0.6) is 0 Å². The zero-order chi connectivity index (χ0) is 12.2. The number of aliphatic hydroxyl groups is 1. The monoisotopic (exact) mass is 230 g/mol. The van der Waals surface area contributed by atoms with Crippen molar-refractivity contribution in [2.45, 2.75) is 24.6 Å². The van der Waals surface area contributed by atoms with Crippen molar-refractivity contribution in [3.05, 3.63) is 48.6 Å². The highest BCUT2D eigenvalue weighted by Crippen LogP contribution is 2.36. The van der Waals surface area contributed by atoms with Crippen LogP contribution in [0.1, 0.15) is 12.0 Å². The van der Waals surface area contributed by atoms with Crippen molar-refractivity contribution in [3.8, 4) is 0 Å². The van der Waals surface area contributed by atoms with Crippen molar-refractivity contribution in [2.24, 2.45) is 0 Å². The Hall–Kier alpha value is -1.29. The average molecular weight is 230 g/mol. The number of rotatable bonds is 4. The SMILES string of the molecule is C=CC[C@](O)(Cc1ccccc1)C(F)(F)F. The first kappa shape index (κ1) is 12.8. The molecule has 0 radical (unpaired) electrons. The summed E-state index contributed by atoms with van der Waals surface area (Å²) in [6, 6.07) is 8.10. The molecule has 0 aromatic heterocycles. The third-order valence-electron chi connectivity index (χ3n) is 2.35. The minimum atomic E-state index is -4.66. The van der Waals surface area contributed by atoms with Gasteiger partial charge >= 0.3 is 6.18 Å². The Morgan fingerprint density at radius 3 is 2.19 bits per heavy atom. The van der Waals surface area contributed by atoms with Crippen molar-refractivity contribution < 1.29 is 18.3 Å².